The molecule has 0 aliphatic rings. The number of nitrogens with one attached hydrogen (secondary N) is 1. The number of carbonyl (C=O) groups excluding carboxylic acids is 1. The molecule has 21 heavy (non-hydrogen) atoms. The van der Waals surface area contributed by atoms with Crippen molar-refractivity contribution in [1.82, 2.24) is 10.3 Å². The van der Waals surface area contributed by atoms with E-state index in [1.165, 1.54) is 11.3 Å². The molecular formula is C14H15N3O3S. The van der Waals surface area contributed by atoms with Crippen LogP contribution in [0.4, 0.5) is 5.13 Å². The van der Waals surface area contributed by atoms with Gasteiger partial charge in [0, 0.05) is 11.8 Å². The molecule has 0 radical (unpaired) electrons. The maximum atomic E-state index is 11.9. The van der Waals surface area contributed by atoms with E-state index in [0.29, 0.717) is 10.8 Å². The number of nitrogen functional groups attached to an aromatic ring is 1. The van der Waals surface area contributed by atoms with Crippen LogP contribution < -0.4 is 11.1 Å². The van der Waals surface area contributed by atoms with Gasteiger partial charge in [-0.2, -0.15) is 0 Å². The molecule has 1 atom stereocenters. The highest BCUT2D eigenvalue weighted by Crippen LogP contribution is 2.11. The van der Waals surface area contributed by atoms with E-state index in [0.717, 1.165) is 5.56 Å². The lowest BCUT2D eigenvalue weighted by Crippen LogP contribution is -2.43. The van der Waals surface area contributed by atoms with Crippen LogP contribution in [-0.2, 0) is 22.4 Å². The van der Waals surface area contributed by atoms with E-state index in [2.05, 4.69) is 10.3 Å². The molecule has 7 heteroatoms. The lowest BCUT2D eigenvalue weighted by atomic mass is 10.1. The fraction of sp³-hybridized carbons (Fsp3) is 0.214. The second-order valence-electron chi connectivity index (χ2n) is 4.50. The molecule has 1 aromatic heterocycles. The number of carbonyl (C=O) groups is 2. The maximum absolute atomic E-state index is 11.9. The number of carboxylic acids is 1. The van der Waals surface area contributed by atoms with Crippen LogP contribution in [0.3, 0.4) is 0 Å². The summed E-state index contributed by atoms with van der Waals surface area (Å²) in [6, 6.07) is 8.19. The third-order valence-corrected chi connectivity index (χ3v) is 3.55. The Morgan fingerprint density at radius 1 is 1.33 bits per heavy atom. The molecule has 4 N–H and O–H groups in total. The highest BCUT2D eigenvalue weighted by molar-refractivity contribution is 7.13. The van der Waals surface area contributed by atoms with Crippen LogP contribution >= 0.6 is 11.3 Å². The van der Waals surface area contributed by atoms with Gasteiger partial charge in [0.2, 0.25) is 5.91 Å². The van der Waals surface area contributed by atoms with E-state index in [1.807, 2.05) is 30.3 Å². The molecule has 1 heterocycles. The van der Waals surface area contributed by atoms with Crippen molar-refractivity contribution in [3.63, 3.8) is 0 Å². The first kappa shape index (κ1) is 15.0. The van der Waals surface area contributed by atoms with Crippen LogP contribution in [-0.4, -0.2) is 28.0 Å². The van der Waals surface area contributed by atoms with Gasteiger partial charge in [0.1, 0.15) is 6.04 Å². The first-order chi connectivity index (χ1) is 10.0. The topological polar surface area (TPSA) is 105 Å². The second-order valence-corrected chi connectivity index (χ2v) is 5.39. The Balaban J connectivity index is 1.96. The zero-order chi connectivity index (χ0) is 15.2. The first-order valence-electron chi connectivity index (χ1n) is 6.30. The largest absolute Gasteiger partial charge is 0.480 e. The number of nitrogens with zero attached hydrogens (tertiary/aromatic N) is 1. The van der Waals surface area contributed by atoms with E-state index < -0.39 is 12.0 Å². The Morgan fingerprint density at radius 3 is 2.62 bits per heavy atom. The van der Waals surface area contributed by atoms with Crippen molar-refractivity contribution >= 4 is 28.3 Å². The van der Waals surface area contributed by atoms with Crippen LogP contribution in [0.5, 0.6) is 0 Å². The van der Waals surface area contributed by atoms with E-state index in [9.17, 15) is 14.7 Å². The number of thiazole rings is 1. The fourth-order valence-electron chi connectivity index (χ4n) is 1.86. The summed E-state index contributed by atoms with van der Waals surface area (Å²) in [4.78, 5) is 27.1. The van der Waals surface area contributed by atoms with Crippen molar-refractivity contribution < 1.29 is 14.7 Å². The van der Waals surface area contributed by atoms with Gasteiger partial charge in [0.15, 0.2) is 5.13 Å². The van der Waals surface area contributed by atoms with E-state index in [-0.39, 0.29) is 18.7 Å². The minimum Gasteiger partial charge on any atom is -0.480 e. The molecule has 1 amide bonds. The number of nitrogens with two attached hydrogens (primary N) is 1. The molecular weight excluding hydrogens is 290 g/mol. The van der Waals surface area contributed by atoms with Crippen molar-refractivity contribution in [2.75, 3.05) is 5.73 Å². The molecule has 6 nitrogen and oxygen atoms in total. The molecule has 0 aliphatic carbocycles. The first-order valence-corrected chi connectivity index (χ1v) is 7.18. The lowest BCUT2D eigenvalue weighted by molar-refractivity contribution is -0.141. The van der Waals surface area contributed by atoms with Gasteiger partial charge in [-0.1, -0.05) is 30.3 Å². The minimum atomic E-state index is -1.06. The molecule has 0 spiro atoms. The summed E-state index contributed by atoms with van der Waals surface area (Å²) in [5.41, 5.74) is 6.88. The summed E-state index contributed by atoms with van der Waals surface area (Å²) in [5, 5.41) is 13.8. The SMILES string of the molecule is Nc1nc(CC(=O)N[C@H](Cc2ccccc2)C(=O)O)cs1. The van der Waals surface area contributed by atoms with Crippen LogP contribution in [0.1, 0.15) is 11.3 Å². The summed E-state index contributed by atoms with van der Waals surface area (Å²) in [6.45, 7) is 0. The van der Waals surface area contributed by atoms with Gasteiger partial charge in [0.05, 0.1) is 12.1 Å². The standard InChI is InChI=1S/C14H15N3O3S/c15-14-16-10(8-21-14)7-12(18)17-11(13(19)20)6-9-4-2-1-3-5-9/h1-5,8,11H,6-7H2,(H2,15,16)(H,17,18)(H,19,20)/t11-/m1/s1. The van der Waals surface area contributed by atoms with Gasteiger partial charge in [-0.3, -0.25) is 4.79 Å². The molecule has 2 rings (SSSR count). The normalized spacial score (nSPS) is 11.8. The number of aliphatic carboxylic acids is 1. The minimum absolute atomic E-state index is 0.0201. The zero-order valence-corrected chi connectivity index (χ0v) is 12.0. The smallest absolute Gasteiger partial charge is 0.326 e. The molecule has 0 aliphatic heterocycles. The average Bonchev–Trinajstić information content (AvgIpc) is 2.84. The maximum Gasteiger partial charge on any atom is 0.326 e. The molecule has 110 valence electrons. The summed E-state index contributed by atoms with van der Waals surface area (Å²) in [6.07, 6.45) is 0.257. The number of anilines is 1. The predicted octanol–water partition coefficient (Wildman–Crippen LogP) is 1.08. The second kappa shape index (κ2) is 6.85. The van der Waals surface area contributed by atoms with Crippen LogP contribution in [0, 0.1) is 0 Å². The number of hydrogen-bond acceptors (Lipinski definition) is 5. The van der Waals surface area contributed by atoms with Gasteiger partial charge in [-0.05, 0) is 5.56 Å². The van der Waals surface area contributed by atoms with Crippen molar-refractivity contribution in [2.24, 2.45) is 0 Å². The monoisotopic (exact) mass is 305 g/mol. The molecule has 1 aromatic carbocycles. The summed E-state index contributed by atoms with van der Waals surface area (Å²) < 4.78 is 0. The van der Waals surface area contributed by atoms with Gasteiger partial charge in [-0.25, -0.2) is 9.78 Å². The Kier molecular flexibility index (Phi) is 4.89. The molecule has 0 saturated heterocycles. The number of carboxylic acid groups (broad SMARTS) is 1. The van der Waals surface area contributed by atoms with E-state index >= 15 is 0 Å². The predicted molar refractivity (Wildman–Crippen MR) is 79.9 cm³/mol. The number of hydrogen-bond donors (Lipinski definition) is 3. The third kappa shape index (κ3) is 4.57. The van der Waals surface area contributed by atoms with E-state index in [4.69, 9.17) is 5.73 Å². The van der Waals surface area contributed by atoms with Crippen LogP contribution in [0.25, 0.3) is 0 Å². The van der Waals surface area contributed by atoms with E-state index in [1.54, 1.807) is 5.38 Å². The van der Waals surface area contributed by atoms with Gasteiger partial charge < -0.3 is 16.2 Å². The third-order valence-electron chi connectivity index (χ3n) is 2.83. The summed E-state index contributed by atoms with van der Waals surface area (Å²) in [5.74, 6) is -1.45. The molecule has 2 aromatic rings. The highest BCUT2D eigenvalue weighted by Gasteiger charge is 2.20. The number of amides is 1. The van der Waals surface area contributed by atoms with Crippen LogP contribution in [0.2, 0.25) is 0 Å². The quantitative estimate of drug-likeness (QED) is 0.740. The lowest BCUT2D eigenvalue weighted by Gasteiger charge is -2.14. The number of aromatic nitrogens is 1. The van der Waals surface area contributed by atoms with Gasteiger partial charge in [-0.15, -0.1) is 11.3 Å². The van der Waals surface area contributed by atoms with Crippen molar-refractivity contribution in [3.8, 4) is 0 Å². The molecule has 0 unspecified atom stereocenters. The number of rotatable bonds is 6. The number of benzene rings is 1. The van der Waals surface area contributed by atoms with Crippen molar-refractivity contribution in [2.45, 2.75) is 18.9 Å². The highest BCUT2D eigenvalue weighted by atomic mass is 32.1. The Hall–Kier alpha value is -2.41. The summed E-state index contributed by atoms with van der Waals surface area (Å²) in [7, 11) is 0. The van der Waals surface area contributed by atoms with Gasteiger partial charge in [0.25, 0.3) is 0 Å². The Morgan fingerprint density at radius 2 is 2.05 bits per heavy atom. The van der Waals surface area contributed by atoms with Gasteiger partial charge >= 0.3 is 5.97 Å². The van der Waals surface area contributed by atoms with Crippen molar-refractivity contribution in [3.05, 3.63) is 47.0 Å². The van der Waals surface area contributed by atoms with Crippen LogP contribution in [0.15, 0.2) is 35.7 Å². The summed E-state index contributed by atoms with van der Waals surface area (Å²) >= 11 is 1.24. The van der Waals surface area contributed by atoms with Crippen molar-refractivity contribution in [1.29, 1.82) is 0 Å². The molecule has 0 saturated carbocycles. The fourth-order valence-corrected chi connectivity index (χ4v) is 2.43. The zero-order valence-electron chi connectivity index (χ0n) is 11.2. The Bertz CT molecular complexity index is 627. The Labute approximate surface area is 125 Å². The average molecular weight is 305 g/mol. The molecule has 0 fully saturated rings. The molecule has 0 bridgehead atoms.